The number of methoxy groups -OCH3 is 1. The summed E-state index contributed by atoms with van der Waals surface area (Å²) in [5, 5.41) is 2.61. The van der Waals surface area contributed by atoms with E-state index >= 15 is 0 Å². The minimum atomic E-state index is -2.81. The van der Waals surface area contributed by atoms with Crippen LogP contribution >= 0.6 is 0 Å². The molecule has 7 heteroatoms. The molecular formula is C16H20F2N2O3. The molecule has 1 N–H and O–H groups in total. The number of alkyl halides is 2. The summed E-state index contributed by atoms with van der Waals surface area (Å²) in [6.07, 6.45) is -0.711. The molecule has 1 aromatic carbocycles. The molecule has 3 rings (SSSR count). The molecule has 0 aliphatic carbocycles. The van der Waals surface area contributed by atoms with Crippen LogP contribution in [0.3, 0.4) is 0 Å². The number of rotatable bonds is 3. The van der Waals surface area contributed by atoms with Crippen molar-refractivity contribution in [3.63, 3.8) is 0 Å². The fraction of sp³-hybridized carbons (Fsp3) is 0.562. The van der Waals surface area contributed by atoms with Crippen molar-refractivity contribution >= 4 is 5.91 Å². The van der Waals surface area contributed by atoms with Crippen LogP contribution in [-0.4, -0.2) is 56.1 Å². The van der Waals surface area contributed by atoms with Crippen LogP contribution in [0.4, 0.5) is 8.78 Å². The van der Waals surface area contributed by atoms with Crippen LogP contribution in [0.2, 0.25) is 0 Å². The Morgan fingerprint density at radius 2 is 2.30 bits per heavy atom. The van der Waals surface area contributed by atoms with Gasteiger partial charge in [-0.3, -0.25) is 10.1 Å². The largest absolute Gasteiger partial charge is 0.497 e. The van der Waals surface area contributed by atoms with Crippen molar-refractivity contribution in [1.82, 2.24) is 10.2 Å². The van der Waals surface area contributed by atoms with Crippen LogP contribution in [0.5, 0.6) is 5.75 Å². The average molecular weight is 326 g/mol. The molecule has 2 aliphatic rings. The van der Waals surface area contributed by atoms with Gasteiger partial charge in [0.2, 0.25) is 5.91 Å². The molecule has 0 aromatic heterocycles. The molecule has 1 amide bonds. The Bertz CT molecular complexity index is 582. The highest BCUT2D eigenvalue weighted by Gasteiger charge is 2.44. The number of ether oxygens (including phenoxy) is 2. The van der Waals surface area contributed by atoms with Gasteiger partial charge in [-0.25, -0.2) is 8.78 Å². The Balaban J connectivity index is 1.67. The van der Waals surface area contributed by atoms with E-state index in [1.807, 2.05) is 24.3 Å². The summed E-state index contributed by atoms with van der Waals surface area (Å²) in [6, 6.07) is 6.65. The second kappa shape index (κ2) is 6.41. The lowest BCUT2D eigenvalue weighted by molar-refractivity contribution is -0.141. The van der Waals surface area contributed by atoms with Gasteiger partial charge in [-0.2, -0.15) is 0 Å². The molecule has 5 nitrogen and oxygen atoms in total. The molecule has 0 bridgehead atoms. The van der Waals surface area contributed by atoms with Crippen LogP contribution < -0.4 is 10.1 Å². The number of carbonyl (C=O) groups is 1. The number of carbonyl (C=O) groups excluding carboxylic acids is 1. The third kappa shape index (κ3) is 3.61. The molecule has 2 atom stereocenters. The normalized spacial score (nSPS) is 27.0. The summed E-state index contributed by atoms with van der Waals surface area (Å²) in [4.78, 5) is 14.0. The Morgan fingerprint density at radius 1 is 1.48 bits per heavy atom. The van der Waals surface area contributed by atoms with E-state index in [2.05, 4.69) is 5.32 Å². The van der Waals surface area contributed by atoms with Crippen LogP contribution in [0.1, 0.15) is 18.1 Å². The zero-order chi connectivity index (χ0) is 16.4. The van der Waals surface area contributed by atoms with Gasteiger partial charge < -0.3 is 14.4 Å². The SMILES string of the molecule is COc1cccc(C2CN(C(=O)C3CC(F)(F)CN3)CCO2)c1. The Hall–Kier alpha value is -1.73. The lowest BCUT2D eigenvalue weighted by Crippen LogP contribution is -2.49. The van der Waals surface area contributed by atoms with Crippen LogP contribution in [0, 0.1) is 0 Å². The number of benzene rings is 1. The van der Waals surface area contributed by atoms with Gasteiger partial charge in [0, 0.05) is 13.0 Å². The molecule has 2 heterocycles. The van der Waals surface area contributed by atoms with Crippen molar-refractivity contribution < 1.29 is 23.0 Å². The molecule has 23 heavy (non-hydrogen) atoms. The topological polar surface area (TPSA) is 50.8 Å². The van der Waals surface area contributed by atoms with Gasteiger partial charge in [-0.15, -0.1) is 0 Å². The minimum Gasteiger partial charge on any atom is -0.497 e. The number of morpholine rings is 1. The quantitative estimate of drug-likeness (QED) is 0.917. The van der Waals surface area contributed by atoms with Crippen molar-refractivity contribution in [2.45, 2.75) is 24.5 Å². The first kappa shape index (κ1) is 16.1. The maximum absolute atomic E-state index is 13.3. The summed E-state index contributed by atoms with van der Waals surface area (Å²) < 4.78 is 37.5. The number of halogens is 2. The van der Waals surface area contributed by atoms with E-state index in [4.69, 9.17) is 9.47 Å². The summed E-state index contributed by atoms with van der Waals surface area (Å²) in [5.74, 6) is -2.37. The standard InChI is InChI=1S/C16H20F2N2O3/c1-22-12-4-2-3-11(7-12)14-9-20(5-6-23-14)15(21)13-8-16(17,18)10-19-13/h2-4,7,13-14,19H,5-6,8-10H2,1H3. The van der Waals surface area contributed by atoms with E-state index in [1.165, 1.54) is 0 Å². The van der Waals surface area contributed by atoms with Gasteiger partial charge in [0.05, 0.1) is 32.8 Å². The van der Waals surface area contributed by atoms with E-state index < -0.39 is 24.9 Å². The second-order valence-corrected chi connectivity index (χ2v) is 5.91. The van der Waals surface area contributed by atoms with E-state index in [-0.39, 0.29) is 12.0 Å². The van der Waals surface area contributed by atoms with E-state index in [9.17, 15) is 13.6 Å². The fourth-order valence-electron chi connectivity index (χ4n) is 3.00. The highest BCUT2D eigenvalue weighted by Crippen LogP contribution is 2.29. The van der Waals surface area contributed by atoms with Crippen LogP contribution in [0.25, 0.3) is 0 Å². The lowest BCUT2D eigenvalue weighted by atomic mass is 10.1. The smallest absolute Gasteiger partial charge is 0.262 e. The molecule has 2 saturated heterocycles. The monoisotopic (exact) mass is 326 g/mol. The summed E-state index contributed by atoms with van der Waals surface area (Å²) in [7, 11) is 1.59. The molecule has 0 radical (unpaired) electrons. The maximum atomic E-state index is 13.3. The van der Waals surface area contributed by atoms with Crippen molar-refractivity contribution in [2.24, 2.45) is 0 Å². The second-order valence-electron chi connectivity index (χ2n) is 5.91. The zero-order valence-corrected chi connectivity index (χ0v) is 12.9. The van der Waals surface area contributed by atoms with Gasteiger partial charge in [0.15, 0.2) is 0 Å². The number of nitrogens with zero attached hydrogens (tertiary/aromatic N) is 1. The summed E-state index contributed by atoms with van der Waals surface area (Å²) >= 11 is 0. The molecule has 0 saturated carbocycles. The van der Waals surface area contributed by atoms with Crippen LogP contribution in [0.15, 0.2) is 24.3 Å². The summed E-state index contributed by atoms with van der Waals surface area (Å²) in [6.45, 7) is 0.725. The van der Waals surface area contributed by atoms with Gasteiger partial charge in [0.1, 0.15) is 11.9 Å². The molecule has 0 spiro atoms. The Morgan fingerprint density at radius 3 is 3.00 bits per heavy atom. The molecule has 126 valence electrons. The van der Waals surface area contributed by atoms with Gasteiger partial charge in [-0.05, 0) is 17.7 Å². The number of nitrogens with one attached hydrogen (secondary N) is 1. The third-order valence-corrected chi connectivity index (χ3v) is 4.25. The first-order chi connectivity index (χ1) is 11.0. The van der Waals surface area contributed by atoms with Crippen molar-refractivity contribution in [1.29, 1.82) is 0 Å². The molecular weight excluding hydrogens is 306 g/mol. The van der Waals surface area contributed by atoms with E-state index in [0.29, 0.717) is 25.4 Å². The van der Waals surface area contributed by atoms with Gasteiger partial charge in [-0.1, -0.05) is 12.1 Å². The first-order valence-electron chi connectivity index (χ1n) is 7.64. The Kier molecular flexibility index (Phi) is 4.50. The van der Waals surface area contributed by atoms with Gasteiger partial charge >= 0.3 is 0 Å². The van der Waals surface area contributed by atoms with Gasteiger partial charge in [0.25, 0.3) is 5.92 Å². The third-order valence-electron chi connectivity index (χ3n) is 4.25. The van der Waals surface area contributed by atoms with Crippen LogP contribution in [-0.2, 0) is 9.53 Å². The predicted octanol–water partition coefficient (Wildman–Crippen LogP) is 1.59. The first-order valence-corrected chi connectivity index (χ1v) is 7.64. The number of hydrogen-bond acceptors (Lipinski definition) is 4. The highest BCUT2D eigenvalue weighted by atomic mass is 19.3. The van der Waals surface area contributed by atoms with Crippen molar-refractivity contribution in [2.75, 3.05) is 33.4 Å². The van der Waals surface area contributed by atoms with E-state index in [0.717, 1.165) is 5.56 Å². The van der Waals surface area contributed by atoms with Crippen molar-refractivity contribution in [3.8, 4) is 5.75 Å². The molecule has 1 aromatic rings. The molecule has 2 aliphatic heterocycles. The lowest BCUT2D eigenvalue weighted by Gasteiger charge is -2.34. The summed E-state index contributed by atoms with van der Waals surface area (Å²) in [5.41, 5.74) is 0.909. The zero-order valence-electron chi connectivity index (χ0n) is 12.9. The molecule has 2 unspecified atom stereocenters. The predicted molar refractivity (Wildman–Crippen MR) is 79.6 cm³/mol. The average Bonchev–Trinajstić information content (AvgIpc) is 2.94. The van der Waals surface area contributed by atoms with Crippen molar-refractivity contribution in [3.05, 3.63) is 29.8 Å². The number of amides is 1. The minimum absolute atomic E-state index is 0.273. The Labute approximate surface area is 133 Å². The molecule has 2 fully saturated rings. The fourth-order valence-corrected chi connectivity index (χ4v) is 3.00. The number of hydrogen-bond donors (Lipinski definition) is 1. The highest BCUT2D eigenvalue weighted by molar-refractivity contribution is 5.82. The van der Waals surface area contributed by atoms with E-state index in [1.54, 1.807) is 12.0 Å². The maximum Gasteiger partial charge on any atom is 0.262 e.